The molecule has 0 spiro atoms. The quantitative estimate of drug-likeness (QED) is 0.718. The fourth-order valence-corrected chi connectivity index (χ4v) is 3.19. The highest BCUT2D eigenvalue weighted by Gasteiger charge is 2.20. The van der Waals surface area contributed by atoms with Crippen LogP contribution in [0.25, 0.3) is 0 Å². The summed E-state index contributed by atoms with van der Waals surface area (Å²) in [7, 11) is 0. The number of aliphatic hydroxyl groups is 1. The third-order valence-electron chi connectivity index (χ3n) is 4.53. The lowest BCUT2D eigenvalue weighted by Crippen LogP contribution is -2.48. The van der Waals surface area contributed by atoms with Gasteiger partial charge in [0.2, 0.25) is 0 Å². The van der Waals surface area contributed by atoms with E-state index in [-0.39, 0.29) is 12.1 Å². The zero-order valence-electron chi connectivity index (χ0n) is 14.9. The van der Waals surface area contributed by atoms with Gasteiger partial charge in [-0.2, -0.15) is 0 Å². The molecule has 5 heteroatoms. The second-order valence-corrected chi connectivity index (χ2v) is 6.84. The van der Waals surface area contributed by atoms with Crippen LogP contribution in [0.2, 0.25) is 0 Å². The van der Waals surface area contributed by atoms with Crippen LogP contribution in [0.5, 0.6) is 0 Å². The van der Waals surface area contributed by atoms with Gasteiger partial charge in [-0.3, -0.25) is 4.90 Å². The van der Waals surface area contributed by atoms with Crippen LogP contribution in [-0.2, 0) is 6.54 Å². The van der Waals surface area contributed by atoms with Crippen molar-refractivity contribution in [3.8, 4) is 0 Å². The summed E-state index contributed by atoms with van der Waals surface area (Å²) in [6.45, 7) is 7.44. The number of nitrogens with one attached hydrogen (secondary N) is 2. The number of aryl methyl sites for hydroxylation is 1. The van der Waals surface area contributed by atoms with Crippen LogP contribution in [0.3, 0.4) is 0 Å². The molecule has 1 aromatic rings. The molecule has 0 bridgehead atoms. The van der Waals surface area contributed by atoms with E-state index in [0.717, 1.165) is 45.3 Å². The Kier molecular flexibility index (Phi) is 7.53. The molecule has 0 aromatic heterocycles. The van der Waals surface area contributed by atoms with E-state index in [1.54, 1.807) is 0 Å². The largest absolute Gasteiger partial charge is 0.391 e. The molecule has 0 saturated carbocycles. The first-order valence-electron chi connectivity index (χ1n) is 9.07. The number of urea groups is 1. The maximum atomic E-state index is 11.9. The summed E-state index contributed by atoms with van der Waals surface area (Å²) < 4.78 is 0. The predicted molar refractivity (Wildman–Crippen MR) is 96.9 cm³/mol. The van der Waals surface area contributed by atoms with E-state index < -0.39 is 6.10 Å². The summed E-state index contributed by atoms with van der Waals surface area (Å²) in [6, 6.07) is 8.70. The number of hydrogen-bond acceptors (Lipinski definition) is 3. The average molecular weight is 333 g/mol. The van der Waals surface area contributed by atoms with Gasteiger partial charge in [-0.15, -0.1) is 0 Å². The number of benzene rings is 1. The monoisotopic (exact) mass is 333 g/mol. The molecule has 2 amide bonds. The van der Waals surface area contributed by atoms with E-state index in [2.05, 4.69) is 46.7 Å². The maximum absolute atomic E-state index is 11.9. The molecule has 134 valence electrons. The highest BCUT2D eigenvalue weighted by atomic mass is 16.3. The number of amides is 2. The molecule has 1 aromatic carbocycles. The Morgan fingerprint density at radius 3 is 2.79 bits per heavy atom. The lowest BCUT2D eigenvalue weighted by Gasteiger charge is -2.32. The summed E-state index contributed by atoms with van der Waals surface area (Å²) in [5, 5.41) is 15.4. The first kappa shape index (κ1) is 18.7. The van der Waals surface area contributed by atoms with Crippen molar-refractivity contribution in [2.75, 3.05) is 19.6 Å². The average Bonchev–Trinajstić information content (AvgIpc) is 2.55. The van der Waals surface area contributed by atoms with E-state index in [0.29, 0.717) is 6.54 Å². The number of nitrogens with zero attached hydrogens (tertiary/aromatic N) is 1. The van der Waals surface area contributed by atoms with E-state index in [9.17, 15) is 9.90 Å². The number of aliphatic hydroxyl groups excluding tert-OH is 1. The van der Waals surface area contributed by atoms with Crippen LogP contribution in [0, 0.1) is 6.92 Å². The summed E-state index contributed by atoms with van der Waals surface area (Å²) in [4.78, 5) is 14.3. The van der Waals surface area contributed by atoms with E-state index in [1.165, 1.54) is 11.1 Å². The Bertz CT molecular complexity index is 513. The molecule has 24 heavy (non-hydrogen) atoms. The number of rotatable bonds is 7. The summed E-state index contributed by atoms with van der Waals surface area (Å²) in [6.07, 6.45) is 3.13. The van der Waals surface area contributed by atoms with Gasteiger partial charge in [-0.25, -0.2) is 4.79 Å². The van der Waals surface area contributed by atoms with Crippen molar-refractivity contribution in [2.45, 2.75) is 58.2 Å². The Hall–Kier alpha value is -1.59. The molecule has 1 fully saturated rings. The first-order valence-corrected chi connectivity index (χ1v) is 9.07. The van der Waals surface area contributed by atoms with Crippen molar-refractivity contribution >= 4 is 6.03 Å². The molecular formula is C19H31N3O2. The Morgan fingerprint density at radius 1 is 1.38 bits per heavy atom. The molecule has 1 unspecified atom stereocenters. The number of carbonyl (C=O) groups is 1. The fourth-order valence-electron chi connectivity index (χ4n) is 3.19. The van der Waals surface area contributed by atoms with Gasteiger partial charge in [0.25, 0.3) is 0 Å². The minimum atomic E-state index is -0.447. The van der Waals surface area contributed by atoms with Crippen molar-refractivity contribution in [3.63, 3.8) is 0 Å². The summed E-state index contributed by atoms with van der Waals surface area (Å²) >= 11 is 0. The molecule has 0 radical (unpaired) electrons. The van der Waals surface area contributed by atoms with Crippen molar-refractivity contribution in [1.82, 2.24) is 15.5 Å². The SMILES string of the molecule is CCCC(O)CNC(=O)NC1CCN(Cc2cccc(C)c2)CC1. The Balaban J connectivity index is 1.66. The van der Waals surface area contributed by atoms with E-state index in [4.69, 9.17) is 0 Å². The summed E-state index contributed by atoms with van der Waals surface area (Å²) in [5.74, 6) is 0. The second-order valence-electron chi connectivity index (χ2n) is 6.84. The highest BCUT2D eigenvalue weighted by Crippen LogP contribution is 2.14. The van der Waals surface area contributed by atoms with Crippen LogP contribution in [-0.4, -0.2) is 47.8 Å². The molecule has 3 N–H and O–H groups in total. The minimum Gasteiger partial charge on any atom is -0.391 e. The van der Waals surface area contributed by atoms with Crippen molar-refractivity contribution in [1.29, 1.82) is 0 Å². The molecule has 1 aliphatic heterocycles. The van der Waals surface area contributed by atoms with Gasteiger partial charge in [0.1, 0.15) is 0 Å². The second kappa shape index (κ2) is 9.64. The Labute approximate surface area is 145 Å². The van der Waals surface area contributed by atoms with Gasteiger partial charge in [0.15, 0.2) is 0 Å². The van der Waals surface area contributed by atoms with Crippen LogP contribution in [0.1, 0.15) is 43.7 Å². The van der Waals surface area contributed by atoms with Gasteiger partial charge >= 0.3 is 6.03 Å². The van der Waals surface area contributed by atoms with Crippen molar-refractivity contribution < 1.29 is 9.90 Å². The minimum absolute atomic E-state index is 0.165. The lowest BCUT2D eigenvalue weighted by molar-refractivity contribution is 0.157. The van der Waals surface area contributed by atoms with Crippen LogP contribution in [0.15, 0.2) is 24.3 Å². The third kappa shape index (κ3) is 6.49. The molecule has 5 nitrogen and oxygen atoms in total. The van der Waals surface area contributed by atoms with Gasteiger partial charge < -0.3 is 15.7 Å². The topological polar surface area (TPSA) is 64.6 Å². The zero-order valence-corrected chi connectivity index (χ0v) is 14.9. The first-order chi connectivity index (χ1) is 11.6. The molecule has 1 aliphatic rings. The Morgan fingerprint density at radius 2 is 2.12 bits per heavy atom. The smallest absolute Gasteiger partial charge is 0.315 e. The molecule has 1 heterocycles. The lowest BCUT2D eigenvalue weighted by atomic mass is 10.0. The standard InChI is InChI=1S/C19H31N3O2/c1-3-5-18(23)13-20-19(24)21-17-8-10-22(11-9-17)14-16-7-4-6-15(2)12-16/h4,6-7,12,17-18,23H,3,5,8-11,13-14H2,1-2H3,(H2,20,21,24). The number of carbonyl (C=O) groups excluding carboxylic acids is 1. The van der Waals surface area contributed by atoms with Gasteiger partial charge in [-0.05, 0) is 31.7 Å². The normalized spacial score (nSPS) is 17.5. The summed E-state index contributed by atoms with van der Waals surface area (Å²) in [5.41, 5.74) is 2.65. The molecule has 1 atom stereocenters. The van der Waals surface area contributed by atoms with Crippen LogP contribution in [0.4, 0.5) is 4.79 Å². The van der Waals surface area contributed by atoms with Crippen LogP contribution >= 0.6 is 0 Å². The van der Waals surface area contributed by atoms with Gasteiger partial charge in [-0.1, -0.05) is 43.2 Å². The fraction of sp³-hybridized carbons (Fsp3) is 0.632. The van der Waals surface area contributed by atoms with Crippen molar-refractivity contribution in [2.24, 2.45) is 0 Å². The molecule has 1 saturated heterocycles. The van der Waals surface area contributed by atoms with Crippen LogP contribution < -0.4 is 10.6 Å². The predicted octanol–water partition coefficient (Wildman–Crippen LogP) is 2.42. The number of piperidine rings is 1. The van der Waals surface area contributed by atoms with Crippen molar-refractivity contribution in [3.05, 3.63) is 35.4 Å². The van der Waals surface area contributed by atoms with Gasteiger partial charge in [0.05, 0.1) is 6.10 Å². The number of hydrogen-bond donors (Lipinski definition) is 3. The van der Waals surface area contributed by atoms with E-state index in [1.807, 2.05) is 6.92 Å². The van der Waals surface area contributed by atoms with E-state index >= 15 is 0 Å². The number of likely N-dealkylation sites (tertiary alicyclic amines) is 1. The highest BCUT2D eigenvalue weighted by molar-refractivity contribution is 5.74. The molecule has 2 rings (SSSR count). The van der Waals surface area contributed by atoms with Gasteiger partial charge in [0, 0.05) is 32.2 Å². The zero-order chi connectivity index (χ0) is 17.4. The maximum Gasteiger partial charge on any atom is 0.315 e. The molecule has 0 aliphatic carbocycles. The molecular weight excluding hydrogens is 302 g/mol. The third-order valence-corrected chi connectivity index (χ3v) is 4.53.